The topological polar surface area (TPSA) is 65.2 Å². The fourth-order valence-corrected chi connectivity index (χ4v) is 2.90. The van der Waals surface area contributed by atoms with Crippen LogP contribution in [0.25, 0.3) is 11.1 Å². The third-order valence-electron chi connectivity index (χ3n) is 4.01. The number of phenols is 2. The highest BCUT2D eigenvalue weighted by atomic mass is 16.3. The summed E-state index contributed by atoms with van der Waals surface area (Å²) in [6, 6.07) is 18.6. The van der Waals surface area contributed by atoms with E-state index in [0.29, 0.717) is 5.69 Å². The van der Waals surface area contributed by atoms with Crippen LogP contribution in [0, 0.1) is 0 Å². The molecule has 3 aromatic carbocycles. The Balaban J connectivity index is 1.65. The van der Waals surface area contributed by atoms with Crippen molar-refractivity contribution in [3.63, 3.8) is 0 Å². The van der Waals surface area contributed by atoms with Gasteiger partial charge in [0.15, 0.2) is 0 Å². The van der Waals surface area contributed by atoms with Gasteiger partial charge < -0.3 is 10.2 Å². The predicted octanol–water partition coefficient (Wildman–Crippen LogP) is 5.08. The lowest BCUT2D eigenvalue weighted by atomic mass is 10.1. The molecule has 0 saturated carbocycles. The molecule has 0 unspecified atom stereocenters. The van der Waals surface area contributed by atoms with Crippen molar-refractivity contribution in [1.82, 2.24) is 0 Å². The second kappa shape index (κ2) is 5.25. The molecular weight excluding hydrogens is 288 g/mol. The molecule has 0 bridgehead atoms. The number of azo groups is 1. The molecule has 3 aromatic rings. The SMILES string of the molecule is Oc1ccc(N=Nc2ccc3c(c2)Cc2ccccc2-3)c(O)c1. The Kier molecular flexibility index (Phi) is 3.08. The molecule has 23 heavy (non-hydrogen) atoms. The van der Waals surface area contributed by atoms with Crippen LogP contribution < -0.4 is 0 Å². The third-order valence-corrected chi connectivity index (χ3v) is 4.01. The first-order chi connectivity index (χ1) is 11.2. The summed E-state index contributed by atoms with van der Waals surface area (Å²) in [5.41, 5.74) is 6.15. The highest BCUT2D eigenvalue weighted by Gasteiger charge is 2.17. The summed E-state index contributed by atoms with van der Waals surface area (Å²) in [7, 11) is 0. The summed E-state index contributed by atoms with van der Waals surface area (Å²) in [6.45, 7) is 0. The molecular formula is C19H14N2O2. The molecule has 0 fully saturated rings. The Morgan fingerprint density at radius 1 is 0.739 bits per heavy atom. The Hall–Kier alpha value is -3.14. The van der Waals surface area contributed by atoms with Crippen molar-refractivity contribution in [2.75, 3.05) is 0 Å². The van der Waals surface area contributed by atoms with Gasteiger partial charge in [-0.2, -0.15) is 5.11 Å². The number of rotatable bonds is 2. The summed E-state index contributed by atoms with van der Waals surface area (Å²) in [5.74, 6) is -0.0981. The third kappa shape index (κ3) is 2.44. The maximum atomic E-state index is 9.73. The van der Waals surface area contributed by atoms with Crippen molar-refractivity contribution in [3.8, 4) is 22.6 Å². The minimum Gasteiger partial charge on any atom is -0.508 e. The number of phenolic OH excluding ortho intramolecular Hbond substituents is 2. The van der Waals surface area contributed by atoms with Crippen LogP contribution in [-0.4, -0.2) is 10.2 Å². The Morgan fingerprint density at radius 2 is 1.57 bits per heavy atom. The first-order valence-corrected chi connectivity index (χ1v) is 7.35. The van der Waals surface area contributed by atoms with Crippen LogP contribution >= 0.6 is 0 Å². The van der Waals surface area contributed by atoms with Crippen LogP contribution in [0.4, 0.5) is 11.4 Å². The molecule has 112 valence electrons. The maximum absolute atomic E-state index is 9.73. The van der Waals surface area contributed by atoms with E-state index < -0.39 is 0 Å². The number of nitrogens with zero attached hydrogens (tertiary/aromatic N) is 2. The van der Waals surface area contributed by atoms with Crippen LogP contribution in [-0.2, 0) is 6.42 Å². The summed E-state index contributed by atoms with van der Waals surface area (Å²) in [5, 5.41) is 27.3. The average Bonchev–Trinajstić information content (AvgIpc) is 2.91. The van der Waals surface area contributed by atoms with Gasteiger partial charge in [0.25, 0.3) is 0 Å². The number of hydrogen-bond acceptors (Lipinski definition) is 4. The molecule has 0 aliphatic heterocycles. The molecule has 0 amide bonds. The van der Waals surface area contributed by atoms with Crippen molar-refractivity contribution in [3.05, 3.63) is 71.8 Å². The van der Waals surface area contributed by atoms with E-state index in [0.717, 1.165) is 12.1 Å². The second-order valence-corrected chi connectivity index (χ2v) is 5.55. The van der Waals surface area contributed by atoms with Gasteiger partial charge in [-0.25, -0.2) is 0 Å². The molecule has 0 atom stereocenters. The highest BCUT2D eigenvalue weighted by molar-refractivity contribution is 5.78. The summed E-state index contributed by atoms with van der Waals surface area (Å²) >= 11 is 0. The lowest BCUT2D eigenvalue weighted by Crippen LogP contribution is -1.78. The average molecular weight is 302 g/mol. The van der Waals surface area contributed by atoms with Gasteiger partial charge in [0, 0.05) is 6.07 Å². The van der Waals surface area contributed by atoms with Gasteiger partial charge in [-0.1, -0.05) is 30.3 Å². The zero-order valence-electron chi connectivity index (χ0n) is 12.3. The van der Waals surface area contributed by atoms with Gasteiger partial charge >= 0.3 is 0 Å². The Morgan fingerprint density at radius 3 is 2.43 bits per heavy atom. The Bertz CT molecular complexity index is 932. The number of hydrogen-bond donors (Lipinski definition) is 2. The normalized spacial score (nSPS) is 12.3. The van der Waals surface area contributed by atoms with E-state index in [-0.39, 0.29) is 11.5 Å². The molecule has 2 N–H and O–H groups in total. The number of fused-ring (bicyclic) bond motifs is 3. The predicted molar refractivity (Wildman–Crippen MR) is 88.6 cm³/mol. The van der Waals surface area contributed by atoms with E-state index in [4.69, 9.17) is 0 Å². The van der Waals surface area contributed by atoms with E-state index >= 15 is 0 Å². The van der Waals surface area contributed by atoms with Crippen LogP contribution in [0.2, 0.25) is 0 Å². The van der Waals surface area contributed by atoms with Crippen molar-refractivity contribution in [2.24, 2.45) is 10.2 Å². The van der Waals surface area contributed by atoms with Crippen LogP contribution in [0.3, 0.4) is 0 Å². The lowest BCUT2D eigenvalue weighted by Gasteiger charge is -2.02. The zero-order chi connectivity index (χ0) is 15.8. The highest BCUT2D eigenvalue weighted by Crippen LogP contribution is 2.38. The van der Waals surface area contributed by atoms with Gasteiger partial charge in [-0.15, -0.1) is 5.11 Å². The molecule has 4 rings (SSSR count). The summed E-state index contributed by atoms with van der Waals surface area (Å²) < 4.78 is 0. The fraction of sp³-hybridized carbons (Fsp3) is 0.0526. The molecule has 0 radical (unpaired) electrons. The molecule has 0 aromatic heterocycles. The molecule has 4 nitrogen and oxygen atoms in total. The van der Waals surface area contributed by atoms with Gasteiger partial charge in [0.1, 0.15) is 17.2 Å². The van der Waals surface area contributed by atoms with E-state index in [1.165, 1.54) is 40.5 Å². The standard InChI is InChI=1S/C19H14N2O2/c22-15-6-8-18(19(23)11-15)21-20-14-5-7-17-13(10-14)9-12-3-1-2-4-16(12)17/h1-8,10-11,22-23H,9H2. The van der Waals surface area contributed by atoms with Gasteiger partial charge in [0.2, 0.25) is 0 Å². The molecule has 0 saturated heterocycles. The van der Waals surface area contributed by atoms with Gasteiger partial charge in [-0.05, 0) is 52.9 Å². The van der Waals surface area contributed by atoms with Crippen LogP contribution in [0.1, 0.15) is 11.1 Å². The first-order valence-electron chi connectivity index (χ1n) is 7.35. The van der Waals surface area contributed by atoms with Crippen LogP contribution in [0.15, 0.2) is 70.9 Å². The minimum absolute atomic E-state index is 0.00301. The van der Waals surface area contributed by atoms with Crippen molar-refractivity contribution < 1.29 is 10.2 Å². The number of benzene rings is 3. The van der Waals surface area contributed by atoms with E-state index in [2.05, 4.69) is 40.6 Å². The lowest BCUT2D eigenvalue weighted by molar-refractivity contribution is 0.451. The summed E-state index contributed by atoms with van der Waals surface area (Å²) in [4.78, 5) is 0. The van der Waals surface area contributed by atoms with Crippen molar-refractivity contribution >= 4 is 11.4 Å². The molecule has 1 aliphatic rings. The maximum Gasteiger partial charge on any atom is 0.146 e. The molecule has 1 aliphatic carbocycles. The Labute approximate surface area is 133 Å². The van der Waals surface area contributed by atoms with Crippen molar-refractivity contribution in [1.29, 1.82) is 0 Å². The summed E-state index contributed by atoms with van der Waals surface area (Å²) in [6.07, 6.45) is 0.902. The first kappa shape index (κ1) is 13.5. The van der Waals surface area contributed by atoms with E-state index in [9.17, 15) is 10.2 Å². The quantitative estimate of drug-likeness (QED) is 0.507. The van der Waals surface area contributed by atoms with Gasteiger partial charge in [0.05, 0.1) is 5.69 Å². The van der Waals surface area contributed by atoms with Gasteiger partial charge in [-0.3, -0.25) is 0 Å². The number of aromatic hydroxyl groups is 2. The molecule has 0 heterocycles. The van der Waals surface area contributed by atoms with E-state index in [1.807, 2.05) is 12.1 Å². The fourth-order valence-electron chi connectivity index (χ4n) is 2.90. The largest absolute Gasteiger partial charge is 0.508 e. The molecule has 4 heteroatoms. The smallest absolute Gasteiger partial charge is 0.146 e. The van der Waals surface area contributed by atoms with E-state index in [1.54, 1.807) is 0 Å². The van der Waals surface area contributed by atoms with Crippen LogP contribution in [0.5, 0.6) is 11.5 Å². The minimum atomic E-state index is -0.0951. The zero-order valence-corrected chi connectivity index (χ0v) is 12.3. The monoisotopic (exact) mass is 302 g/mol. The molecule has 0 spiro atoms. The second-order valence-electron chi connectivity index (χ2n) is 5.55. The van der Waals surface area contributed by atoms with Crippen molar-refractivity contribution in [2.45, 2.75) is 6.42 Å².